The predicted molar refractivity (Wildman–Crippen MR) is 65.2 cm³/mol. The van der Waals surface area contributed by atoms with E-state index in [0.717, 1.165) is 5.56 Å². The predicted octanol–water partition coefficient (Wildman–Crippen LogP) is 1.58. The molecule has 4 nitrogen and oxygen atoms in total. The van der Waals surface area contributed by atoms with E-state index in [9.17, 15) is 14.0 Å². The molecule has 0 bridgehead atoms. The van der Waals surface area contributed by atoms with Crippen LogP contribution < -0.4 is 11.1 Å². The maximum atomic E-state index is 13.5. The minimum atomic E-state index is -0.483. The number of amides is 2. The van der Waals surface area contributed by atoms with Crippen LogP contribution in [0.2, 0.25) is 0 Å². The number of aryl methyl sites for hydroxylation is 1. The molecule has 2 rings (SSSR count). The van der Waals surface area contributed by atoms with E-state index < -0.39 is 23.6 Å². The highest BCUT2D eigenvalue weighted by atomic mass is 19.1. The van der Waals surface area contributed by atoms with Gasteiger partial charge in [0.15, 0.2) is 0 Å². The van der Waals surface area contributed by atoms with E-state index in [1.54, 1.807) is 12.1 Å². The van der Waals surface area contributed by atoms with Crippen molar-refractivity contribution in [2.24, 2.45) is 17.6 Å². The monoisotopic (exact) mass is 250 g/mol. The van der Waals surface area contributed by atoms with Gasteiger partial charge in [0.05, 0.1) is 5.69 Å². The molecule has 18 heavy (non-hydrogen) atoms. The zero-order valence-electron chi connectivity index (χ0n) is 10.1. The summed E-state index contributed by atoms with van der Waals surface area (Å²) < 4.78 is 13.5. The Balaban J connectivity index is 2.08. The number of carbonyl (C=O) groups is 2. The first-order valence-electron chi connectivity index (χ1n) is 5.85. The Morgan fingerprint density at radius 3 is 2.56 bits per heavy atom. The Labute approximate surface area is 104 Å². The van der Waals surface area contributed by atoms with Gasteiger partial charge >= 0.3 is 0 Å². The van der Waals surface area contributed by atoms with Gasteiger partial charge in [-0.3, -0.25) is 9.59 Å². The normalized spacial score (nSPS) is 22.1. The number of benzene rings is 1. The van der Waals surface area contributed by atoms with Crippen molar-refractivity contribution >= 4 is 17.5 Å². The third kappa shape index (κ3) is 2.34. The van der Waals surface area contributed by atoms with E-state index in [1.807, 2.05) is 6.92 Å². The fraction of sp³-hybridized carbons (Fsp3) is 0.385. The molecule has 2 atom stereocenters. The molecular weight excluding hydrogens is 235 g/mol. The quantitative estimate of drug-likeness (QED) is 0.855. The number of hydrogen-bond acceptors (Lipinski definition) is 2. The van der Waals surface area contributed by atoms with Gasteiger partial charge in [-0.05, 0) is 37.5 Å². The van der Waals surface area contributed by atoms with Crippen LogP contribution in [-0.4, -0.2) is 11.8 Å². The average Bonchev–Trinajstić information content (AvgIpc) is 2.20. The number of carbonyl (C=O) groups excluding carboxylic acids is 2. The lowest BCUT2D eigenvalue weighted by Gasteiger charge is -2.32. The van der Waals surface area contributed by atoms with Crippen LogP contribution in [0.3, 0.4) is 0 Å². The van der Waals surface area contributed by atoms with Crippen molar-refractivity contribution in [3.8, 4) is 0 Å². The molecule has 96 valence electrons. The van der Waals surface area contributed by atoms with Crippen molar-refractivity contribution in [1.82, 2.24) is 0 Å². The molecule has 0 heterocycles. The first kappa shape index (κ1) is 12.5. The van der Waals surface area contributed by atoms with Crippen LogP contribution in [0.15, 0.2) is 18.2 Å². The Morgan fingerprint density at radius 1 is 1.33 bits per heavy atom. The van der Waals surface area contributed by atoms with Crippen LogP contribution >= 0.6 is 0 Å². The van der Waals surface area contributed by atoms with Gasteiger partial charge in [0, 0.05) is 11.8 Å². The molecule has 1 saturated carbocycles. The van der Waals surface area contributed by atoms with E-state index in [2.05, 4.69) is 5.32 Å². The van der Waals surface area contributed by atoms with Gasteiger partial charge in [0.1, 0.15) is 5.82 Å². The van der Waals surface area contributed by atoms with Gasteiger partial charge in [-0.2, -0.15) is 0 Å². The molecule has 0 unspecified atom stereocenters. The second-order valence-electron chi connectivity index (χ2n) is 4.67. The maximum absolute atomic E-state index is 13.5. The van der Waals surface area contributed by atoms with Gasteiger partial charge in [0.25, 0.3) is 0 Å². The molecule has 1 aliphatic carbocycles. The van der Waals surface area contributed by atoms with Crippen LogP contribution in [0.5, 0.6) is 0 Å². The lowest BCUT2D eigenvalue weighted by atomic mass is 9.72. The van der Waals surface area contributed by atoms with Gasteiger partial charge in [-0.15, -0.1) is 0 Å². The molecule has 0 spiro atoms. The maximum Gasteiger partial charge on any atom is 0.228 e. The molecule has 1 fully saturated rings. The van der Waals surface area contributed by atoms with Crippen molar-refractivity contribution in [1.29, 1.82) is 0 Å². The number of primary amides is 1. The van der Waals surface area contributed by atoms with Crippen LogP contribution in [0.25, 0.3) is 0 Å². The average molecular weight is 250 g/mol. The summed E-state index contributed by atoms with van der Waals surface area (Å²) >= 11 is 0. The van der Waals surface area contributed by atoms with Crippen molar-refractivity contribution < 1.29 is 14.0 Å². The smallest absolute Gasteiger partial charge is 0.228 e. The standard InChI is InChI=1S/C13H15FN2O2/c1-7-2-5-10(14)11(6-7)16-13(18)9-4-3-8(9)12(15)17/h2,5-6,8-9H,3-4H2,1H3,(H2,15,17)(H,16,18)/t8-,9+/m0/s1. The second-order valence-corrected chi connectivity index (χ2v) is 4.67. The number of nitrogens with two attached hydrogens (primary N) is 1. The summed E-state index contributed by atoms with van der Waals surface area (Å²) in [6, 6.07) is 4.49. The molecule has 2 amide bonds. The highest BCUT2D eigenvalue weighted by molar-refractivity contribution is 5.97. The SMILES string of the molecule is Cc1ccc(F)c(NC(=O)[C@@H]2CC[C@@H]2C(N)=O)c1. The highest BCUT2D eigenvalue weighted by Crippen LogP contribution is 2.35. The number of halogens is 1. The molecule has 3 N–H and O–H groups in total. The number of rotatable bonds is 3. The molecule has 1 aliphatic rings. The summed E-state index contributed by atoms with van der Waals surface area (Å²) in [7, 11) is 0. The number of hydrogen-bond donors (Lipinski definition) is 2. The van der Waals surface area contributed by atoms with Crippen molar-refractivity contribution in [3.63, 3.8) is 0 Å². The van der Waals surface area contributed by atoms with Crippen molar-refractivity contribution in [3.05, 3.63) is 29.6 Å². The molecule has 1 aromatic rings. The van der Waals surface area contributed by atoms with E-state index >= 15 is 0 Å². The first-order chi connectivity index (χ1) is 8.49. The Hall–Kier alpha value is -1.91. The third-order valence-electron chi connectivity index (χ3n) is 3.36. The van der Waals surface area contributed by atoms with E-state index in [4.69, 9.17) is 5.73 Å². The largest absolute Gasteiger partial charge is 0.369 e. The topological polar surface area (TPSA) is 72.2 Å². The van der Waals surface area contributed by atoms with E-state index in [0.29, 0.717) is 12.8 Å². The summed E-state index contributed by atoms with van der Waals surface area (Å²) in [6.45, 7) is 1.81. The molecule has 5 heteroatoms. The summed E-state index contributed by atoms with van der Waals surface area (Å²) in [5.74, 6) is -2.13. The Kier molecular flexibility index (Phi) is 3.32. The van der Waals surface area contributed by atoms with E-state index in [1.165, 1.54) is 6.07 Å². The number of anilines is 1. The molecule has 0 aliphatic heterocycles. The molecule has 0 radical (unpaired) electrons. The van der Waals surface area contributed by atoms with Crippen LogP contribution in [-0.2, 0) is 9.59 Å². The first-order valence-corrected chi connectivity index (χ1v) is 5.85. The molecule has 1 aromatic carbocycles. The van der Waals surface area contributed by atoms with Gasteiger partial charge in [0.2, 0.25) is 11.8 Å². The van der Waals surface area contributed by atoms with Crippen LogP contribution in [0, 0.1) is 24.6 Å². The van der Waals surface area contributed by atoms with Crippen LogP contribution in [0.4, 0.5) is 10.1 Å². The fourth-order valence-electron chi connectivity index (χ4n) is 2.11. The molecular formula is C13H15FN2O2. The zero-order chi connectivity index (χ0) is 13.3. The lowest BCUT2D eigenvalue weighted by Crippen LogP contribution is -2.43. The summed E-state index contributed by atoms with van der Waals surface area (Å²) in [5, 5.41) is 2.52. The Morgan fingerprint density at radius 2 is 2.00 bits per heavy atom. The van der Waals surface area contributed by atoms with Gasteiger partial charge in [-0.25, -0.2) is 4.39 Å². The zero-order valence-corrected chi connectivity index (χ0v) is 10.1. The van der Waals surface area contributed by atoms with Gasteiger partial charge < -0.3 is 11.1 Å². The minimum absolute atomic E-state index is 0.148. The lowest BCUT2D eigenvalue weighted by molar-refractivity contribution is -0.135. The third-order valence-corrected chi connectivity index (χ3v) is 3.36. The molecule has 0 saturated heterocycles. The van der Waals surface area contributed by atoms with E-state index in [-0.39, 0.29) is 11.6 Å². The number of nitrogens with one attached hydrogen (secondary N) is 1. The minimum Gasteiger partial charge on any atom is -0.369 e. The van der Waals surface area contributed by atoms with Crippen molar-refractivity contribution in [2.45, 2.75) is 19.8 Å². The Bertz CT molecular complexity index is 502. The second kappa shape index (κ2) is 4.76. The van der Waals surface area contributed by atoms with Crippen molar-refractivity contribution in [2.75, 3.05) is 5.32 Å². The van der Waals surface area contributed by atoms with Crippen LogP contribution in [0.1, 0.15) is 18.4 Å². The summed E-state index contributed by atoms with van der Waals surface area (Å²) in [4.78, 5) is 22.9. The summed E-state index contributed by atoms with van der Waals surface area (Å²) in [6.07, 6.45) is 1.25. The fourth-order valence-corrected chi connectivity index (χ4v) is 2.11. The molecule has 0 aromatic heterocycles. The van der Waals surface area contributed by atoms with Gasteiger partial charge in [-0.1, -0.05) is 6.07 Å². The highest BCUT2D eigenvalue weighted by Gasteiger charge is 2.40. The summed E-state index contributed by atoms with van der Waals surface area (Å²) in [5.41, 5.74) is 6.18.